The van der Waals surface area contributed by atoms with Crippen LogP contribution in [0.5, 0.6) is 5.75 Å². The van der Waals surface area contributed by atoms with Crippen molar-refractivity contribution in [3.05, 3.63) is 64.4 Å². The van der Waals surface area contributed by atoms with Crippen molar-refractivity contribution in [2.24, 2.45) is 0 Å². The van der Waals surface area contributed by atoms with Crippen molar-refractivity contribution in [2.75, 3.05) is 27.7 Å². The zero-order valence-corrected chi connectivity index (χ0v) is 16.3. The van der Waals surface area contributed by atoms with Crippen LogP contribution < -0.4 is 4.74 Å². The maximum Gasteiger partial charge on any atom is 0.236 e. The molecule has 1 heterocycles. The lowest BCUT2D eigenvalue weighted by Crippen LogP contribution is -2.35. The normalized spacial score (nSPS) is 11.1. The molecule has 26 heavy (non-hydrogen) atoms. The summed E-state index contributed by atoms with van der Waals surface area (Å²) in [6.07, 6.45) is 0. The van der Waals surface area contributed by atoms with Crippen LogP contribution in [0.2, 0.25) is 0 Å². The Morgan fingerprint density at radius 1 is 1.04 bits per heavy atom. The number of ether oxygens (including phenoxy) is 1. The van der Waals surface area contributed by atoms with Crippen LogP contribution in [0.25, 0.3) is 10.8 Å². The Morgan fingerprint density at radius 2 is 1.81 bits per heavy atom. The molecular weight excluding hydrogens is 344 g/mol. The van der Waals surface area contributed by atoms with E-state index in [1.165, 1.54) is 4.88 Å². The monoisotopic (exact) mass is 368 g/mol. The molecule has 0 radical (unpaired) electrons. The van der Waals surface area contributed by atoms with Gasteiger partial charge in [0, 0.05) is 25.0 Å². The van der Waals surface area contributed by atoms with E-state index in [1.54, 1.807) is 23.3 Å². The second-order valence-corrected chi connectivity index (χ2v) is 7.58. The molecule has 0 aliphatic carbocycles. The predicted octanol–water partition coefficient (Wildman–Crippen LogP) is 4.00. The molecule has 136 valence electrons. The maximum absolute atomic E-state index is 12.5. The Morgan fingerprint density at radius 3 is 2.54 bits per heavy atom. The summed E-state index contributed by atoms with van der Waals surface area (Å²) in [6, 6.07) is 16.4. The van der Waals surface area contributed by atoms with Gasteiger partial charge in [-0.25, -0.2) is 0 Å². The lowest BCUT2D eigenvalue weighted by atomic mass is 10.1. The van der Waals surface area contributed by atoms with Gasteiger partial charge in [-0.1, -0.05) is 24.3 Å². The molecule has 0 N–H and O–H groups in total. The molecule has 2 aromatic carbocycles. The van der Waals surface area contributed by atoms with E-state index in [1.807, 2.05) is 38.4 Å². The van der Waals surface area contributed by atoms with Gasteiger partial charge >= 0.3 is 0 Å². The summed E-state index contributed by atoms with van der Waals surface area (Å²) in [6.45, 7) is 1.82. The van der Waals surface area contributed by atoms with E-state index in [0.717, 1.165) is 28.6 Å². The highest BCUT2D eigenvalue weighted by atomic mass is 32.1. The number of likely N-dealkylation sites (N-methyl/N-ethyl adjacent to an activating group) is 2. The number of carbonyl (C=O) groups is 1. The van der Waals surface area contributed by atoms with Crippen LogP contribution in [-0.2, 0) is 17.9 Å². The molecule has 1 aromatic heterocycles. The SMILES string of the molecule is COc1ccc2cc(CN(C)C(=O)CN(C)Cc3cccs3)ccc2c1. The first kappa shape index (κ1) is 18.4. The summed E-state index contributed by atoms with van der Waals surface area (Å²) in [5, 5.41) is 4.35. The van der Waals surface area contributed by atoms with Crippen molar-refractivity contribution in [3.63, 3.8) is 0 Å². The standard InChI is InChI=1S/C21H24N2O2S/c1-22(14-20-5-4-10-26-20)15-21(24)23(2)13-16-6-7-18-12-19(25-3)9-8-17(18)11-16/h4-12H,13-15H2,1-3H3. The topological polar surface area (TPSA) is 32.8 Å². The Balaban J connectivity index is 1.60. The average Bonchev–Trinajstić information content (AvgIpc) is 3.13. The van der Waals surface area contributed by atoms with E-state index in [4.69, 9.17) is 4.74 Å². The van der Waals surface area contributed by atoms with E-state index in [0.29, 0.717) is 13.1 Å². The second kappa shape index (κ2) is 8.34. The number of fused-ring (bicyclic) bond motifs is 1. The molecule has 1 amide bonds. The molecular formula is C21H24N2O2S. The lowest BCUT2D eigenvalue weighted by Gasteiger charge is -2.22. The number of nitrogens with zero attached hydrogens (tertiary/aromatic N) is 2. The van der Waals surface area contributed by atoms with E-state index < -0.39 is 0 Å². The highest BCUT2D eigenvalue weighted by molar-refractivity contribution is 7.09. The largest absolute Gasteiger partial charge is 0.497 e. The summed E-state index contributed by atoms with van der Waals surface area (Å²) in [5.41, 5.74) is 1.12. The van der Waals surface area contributed by atoms with Crippen LogP contribution in [0.3, 0.4) is 0 Å². The number of rotatable bonds is 7. The minimum absolute atomic E-state index is 0.124. The highest BCUT2D eigenvalue weighted by Crippen LogP contribution is 2.22. The highest BCUT2D eigenvalue weighted by Gasteiger charge is 2.13. The van der Waals surface area contributed by atoms with Gasteiger partial charge in [-0.2, -0.15) is 0 Å². The Hall–Kier alpha value is -2.37. The first-order chi connectivity index (χ1) is 12.5. The van der Waals surface area contributed by atoms with Gasteiger partial charge < -0.3 is 9.64 Å². The molecule has 0 atom stereocenters. The van der Waals surface area contributed by atoms with Crippen LogP contribution in [-0.4, -0.2) is 43.5 Å². The second-order valence-electron chi connectivity index (χ2n) is 6.55. The molecule has 4 nitrogen and oxygen atoms in total. The lowest BCUT2D eigenvalue weighted by molar-refractivity contribution is -0.131. The van der Waals surface area contributed by atoms with Gasteiger partial charge in [0.05, 0.1) is 13.7 Å². The molecule has 0 bridgehead atoms. The molecule has 0 fully saturated rings. The third-order valence-electron chi connectivity index (χ3n) is 4.37. The van der Waals surface area contributed by atoms with Gasteiger partial charge in [0.1, 0.15) is 5.75 Å². The fourth-order valence-corrected chi connectivity index (χ4v) is 3.72. The smallest absolute Gasteiger partial charge is 0.236 e. The number of hydrogen-bond acceptors (Lipinski definition) is 4. The van der Waals surface area contributed by atoms with Gasteiger partial charge in [-0.3, -0.25) is 9.69 Å². The van der Waals surface area contributed by atoms with Crippen LogP contribution >= 0.6 is 11.3 Å². The summed E-state index contributed by atoms with van der Waals surface area (Å²) < 4.78 is 5.27. The number of methoxy groups -OCH3 is 1. The minimum atomic E-state index is 0.124. The molecule has 0 saturated carbocycles. The zero-order valence-electron chi connectivity index (χ0n) is 15.4. The molecule has 3 rings (SSSR count). The average molecular weight is 369 g/mol. The fraction of sp³-hybridized carbons (Fsp3) is 0.286. The van der Waals surface area contributed by atoms with Crippen molar-refractivity contribution in [3.8, 4) is 5.75 Å². The first-order valence-corrected chi connectivity index (χ1v) is 9.44. The molecule has 0 aliphatic rings. The molecule has 5 heteroatoms. The number of thiophene rings is 1. The van der Waals surface area contributed by atoms with Crippen molar-refractivity contribution < 1.29 is 9.53 Å². The number of amides is 1. The van der Waals surface area contributed by atoms with Crippen molar-refractivity contribution >= 4 is 28.0 Å². The van der Waals surface area contributed by atoms with Crippen LogP contribution in [0, 0.1) is 0 Å². The Bertz CT molecular complexity index is 877. The first-order valence-electron chi connectivity index (χ1n) is 8.57. The Kier molecular flexibility index (Phi) is 5.91. The molecule has 0 unspecified atom stereocenters. The quantitative estimate of drug-likeness (QED) is 0.632. The Labute approximate surface area is 158 Å². The van der Waals surface area contributed by atoms with Crippen molar-refractivity contribution in [2.45, 2.75) is 13.1 Å². The number of hydrogen-bond donors (Lipinski definition) is 0. The third kappa shape index (κ3) is 4.62. The van der Waals surface area contributed by atoms with Gasteiger partial charge in [-0.05, 0) is 53.0 Å². The third-order valence-corrected chi connectivity index (χ3v) is 5.23. The fourth-order valence-electron chi connectivity index (χ4n) is 2.94. The van der Waals surface area contributed by atoms with Crippen LogP contribution in [0.4, 0.5) is 0 Å². The van der Waals surface area contributed by atoms with E-state index in [2.05, 4.69) is 34.5 Å². The maximum atomic E-state index is 12.5. The summed E-state index contributed by atoms with van der Waals surface area (Å²) in [4.78, 5) is 17.6. The van der Waals surface area contributed by atoms with Gasteiger partial charge in [0.2, 0.25) is 5.91 Å². The molecule has 0 aliphatic heterocycles. The molecule has 0 spiro atoms. The van der Waals surface area contributed by atoms with Crippen molar-refractivity contribution in [1.29, 1.82) is 0 Å². The predicted molar refractivity (Wildman–Crippen MR) is 108 cm³/mol. The van der Waals surface area contributed by atoms with E-state index >= 15 is 0 Å². The van der Waals surface area contributed by atoms with Crippen LogP contribution in [0.1, 0.15) is 10.4 Å². The number of benzene rings is 2. The molecule has 3 aromatic rings. The van der Waals surface area contributed by atoms with Crippen LogP contribution in [0.15, 0.2) is 53.9 Å². The van der Waals surface area contributed by atoms with Gasteiger partial charge in [0.25, 0.3) is 0 Å². The van der Waals surface area contributed by atoms with E-state index in [9.17, 15) is 4.79 Å². The van der Waals surface area contributed by atoms with E-state index in [-0.39, 0.29) is 5.91 Å². The number of carbonyl (C=O) groups excluding carboxylic acids is 1. The van der Waals surface area contributed by atoms with Gasteiger partial charge in [-0.15, -0.1) is 11.3 Å². The molecule has 0 saturated heterocycles. The van der Waals surface area contributed by atoms with Crippen molar-refractivity contribution in [1.82, 2.24) is 9.80 Å². The summed E-state index contributed by atoms with van der Waals surface area (Å²) in [5.74, 6) is 0.977. The zero-order chi connectivity index (χ0) is 18.5. The summed E-state index contributed by atoms with van der Waals surface area (Å²) in [7, 11) is 5.51. The summed E-state index contributed by atoms with van der Waals surface area (Å²) >= 11 is 1.72. The minimum Gasteiger partial charge on any atom is -0.497 e. The van der Waals surface area contributed by atoms with Gasteiger partial charge in [0.15, 0.2) is 0 Å².